The number of hydrogen-bond acceptors (Lipinski definition) is 5. The first-order valence-electron chi connectivity index (χ1n) is 7.52. The zero-order valence-corrected chi connectivity index (χ0v) is 13.0. The number of carbonyl (C=O) groups is 1. The smallest absolute Gasteiger partial charge is 0.225 e. The predicted octanol–water partition coefficient (Wildman–Crippen LogP) is 1.93. The molecule has 1 aromatic rings. The Kier molecular flexibility index (Phi) is 5.36. The molecule has 0 radical (unpaired) electrons. The molecule has 0 aliphatic carbocycles. The van der Waals surface area contributed by atoms with Gasteiger partial charge < -0.3 is 15.0 Å². The van der Waals surface area contributed by atoms with Crippen LogP contribution in [0.3, 0.4) is 0 Å². The van der Waals surface area contributed by atoms with Crippen LogP contribution in [0.4, 0.5) is 5.95 Å². The van der Waals surface area contributed by atoms with Crippen LogP contribution in [0.2, 0.25) is 0 Å². The van der Waals surface area contributed by atoms with Crippen molar-refractivity contribution in [3.05, 3.63) is 12.4 Å². The number of likely N-dealkylation sites (tertiary alicyclic amines) is 1. The first kappa shape index (κ1) is 15.5. The summed E-state index contributed by atoms with van der Waals surface area (Å²) in [6, 6.07) is 0.222. The Balaban J connectivity index is 1.94. The number of piperidine rings is 1. The van der Waals surface area contributed by atoms with Crippen LogP contribution >= 0.6 is 0 Å². The van der Waals surface area contributed by atoms with Gasteiger partial charge in [0.15, 0.2) is 5.75 Å². The third-order valence-corrected chi connectivity index (χ3v) is 3.76. The number of carbonyl (C=O) groups excluding carboxylic acids is 1. The van der Waals surface area contributed by atoms with Gasteiger partial charge in [-0.15, -0.1) is 0 Å². The van der Waals surface area contributed by atoms with Gasteiger partial charge in [-0.2, -0.15) is 0 Å². The lowest BCUT2D eigenvalue weighted by atomic mass is 10.00. The molecule has 6 nitrogen and oxygen atoms in total. The van der Waals surface area contributed by atoms with Crippen LogP contribution in [0.1, 0.15) is 33.1 Å². The van der Waals surface area contributed by atoms with Gasteiger partial charge in [-0.05, 0) is 19.3 Å². The van der Waals surface area contributed by atoms with Gasteiger partial charge >= 0.3 is 0 Å². The Morgan fingerprint density at radius 3 is 2.76 bits per heavy atom. The van der Waals surface area contributed by atoms with Crippen LogP contribution in [-0.2, 0) is 4.79 Å². The summed E-state index contributed by atoms with van der Waals surface area (Å²) in [6.07, 6.45) is 6.55. The monoisotopic (exact) mass is 292 g/mol. The highest BCUT2D eigenvalue weighted by Crippen LogP contribution is 2.19. The number of aromatic nitrogens is 2. The number of nitrogens with one attached hydrogen (secondary N) is 1. The number of ether oxygens (including phenoxy) is 1. The van der Waals surface area contributed by atoms with Gasteiger partial charge in [-0.25, -0.2) is 9.97 Å². The van der Waals surface area contributed by atoms with Crippen molar-refractivity contribution in [3.8, 4) is 5.75 Å². The van der Waals surface area contributed by atoms with Crippen molar-refractivity contribution in [2.75, 3.05) is 25.5 Å². The lowest BCUT2D eigenvalue weighted by molar-refractivity contribution is -0.137. The maximum atomic E-state index is 12.3. The molecule has 0 spiro atoms. The molecule has 1 saturated heterocycles. The van der Waals surface area contributed by atoms with Crippen LogP contribution in [0, 0.1) is 5.92 Å². The Labute approximate surface area is 125 Å². The maximum Gasteiger partial charge on any atom is 0.225 e. The van der Waals surface area contributed by atoms with E-state index < -0.39 is 0 Å². The summed E-state index contributed by atoms with van der Waals surface area (Å²) in [5.74, 6) is 1.48. The van der Waals surface area contributed by atoms with E-state index in [4.69, 9.17) is 4.74 Å². The zero-order chi connectivity index (χ0) is 15.2. The third-order valence-electron chi connectivity index (χ3n) is 3.76. The molecule has 1 aliphatic heterocycles. The highest BCUT2D eigenvalue weighted by atomic mass is 16.5. The molecule has 0 bridgehead atoms. The van der Waals surface area contributed by atoms with Crippen molar-refractivity contribution in [2.24, 2.45) is 5.92 Å². The molecule has 6 heteroatoms. The topological polar surface area (TPSA) is 67.3 Å². The number of nitrogens with zero attached hydrogens (tertiary/aromatic N) is 3. The zero-order valence-electron chi connectivity index (χ0n) is 13.0. The molecule has 0 aromatic carbocycles. The SMILES string of the molecule is COc1cnc(NCC2CCCCN2C(=O)C(C)C)nc1. The van der Waals surface area contributed by atoms with E-state index in [1.165, 1.54) is 0 Å². The van der Waals surface area contributed by atoms with Crippen LogP contribution in [0.25, 0.3) is 0 Å². The Hall–Kier alpha value is -1.85. The molecule has 2 rings (SSSR count). The van der Waals surface area contributed by atoms with E-state index in [0.717, 1.165) is 25.8 Å². The molecule has 116 valence electrons. The molecule has 1 aliphatic rings. The summed E-state index contributed by atoms with van der Waals surface area (Å²) in [5, 5.41) is 3.22. The number of methoxy groups -OCH3 is 1. The molecular formula is C15H24N4O2. The van der Waals surface area contributed by atoms with Crippen molar-refractivity contribution in [1.29, 1.82) is 0 Å². The second kappa shape index (κ2) is 7.24. The Bertz CT molecular complexity index is 461. The van der Waals surface area contributed by atoms with E-state index in [1.807, 2.05) is 18.7 Å². The summed E-state index contributed by atoms with van der Waals surface area (Å²) >= 11 is 0. The van der Waals surface area contributed by atoms with Crippen molar-refractivity contribution in [2.45, 2.75) is 39.2 Å². The van der Waals surface area contributed by atoms with Crippen LogP contribution in [0.15, 0.2) is 12.4 Å². The van der Waals surface area contributed by atoms with E-state index in [1.54, 1.807) is 19.5 Å². The third kappa shape index (κ3) is 4.06. The molecule has 21 heavy (non-hydrogen) atoms. The van der Waals surface area contributed by atoms with Gasteiger partial charge in [0.2, 0.25) is 11.9 Å². The molecule has 1 unspecified atom stereocenters. The lowest BCUT2D eigenvalue weighted by Gasteiger charge is -2.37. The van der Waals surface area contributed by atoms with Gasteiger partial charge in [0, 0.05) is 25.0 Å². The fourth-order valence-electron chi connectivity index (χ4n) is 2.56. The molecule has 1 atom stereocenters. The van der Waals surface area contributed by atoms with Gasteiger partial charge in [-0.3, -0.25) is 4.79 Å². The summed E-state index contributed by atoms with van der Waals surface area (Å²) in [5.41, 5.74) is 0. The number of anilines is 1. The molecule has 2 heterocycles. The average Bonchev–Trinajstić information content (AvgIpc) is 2.53. The van der Waals surface area contributed by atoms with E-state index >= 15 is 0 Å². The minimum atomic E-state index is 0.0443. The van der Waals surface area contributed by atoms with Crippen molar-refractivity contribution in [1.82, 2.24) is 14.9 Å². The minimum Gasteiger partial charge on any atom is -0.494 e. The minimum absolute atomic E-state index is 0.0443. The summed E-state index contributed by atoms with van der Waals surface area (Å²) < 4.78 is 5.03. The second-order valence-electron chi connectivity index (χ2n) is 5.66. The van der Waals surface area contributed by atoms with Gasteiger partial charge in [0.05, 0.1) is 19.5 Å². The molecule has 1 aromatic heterocycles. The van der Waals surface area contributed by atoms with Gasteiger partial charge in [0.1, 0.15) is 0 Å². The number of rotatable bonds is 5. The Morgan fingerprint density at radius 2 is 2.14 bits per heavy atom. The fraction of sp³-hybridized carbons (Fsp3) is 0.667. The maximum absolute atomic E-state index is 12.3. The lowest BCUT2D eigenvalue weighted by Crippen LogP contribution is -2.48. The second-order valence-corrected chi connectivity index (χ2v) is 5.66. The first-order valence-corrected chi connectivity index (χ1v) is 7.52. The summed E-state index contributed by atoms with van der Waals surface area (Å²) in [7, 11) is 1.59. The van der Waals surface area contributed by atoms with Crippen molar-refractivity contribution < 1.29 is 9.53 Å². The van der Waals surface area contributed by atoms with Crippen LogP contribution < -0.4 is 10.1 Å². The van der Waals surface area contributed by atoms with E-state index in [9.17, 15) is 4.79 Å². The van der Waals surface area contributed by atoms with Crippen molar-refractivity contribution in [3.63, 3.8) is 0 Å². The molecule has 1 amide bonds. The van der Waals surface area contributed by atoms with Crippen LogP contribution in [0.5, 0.6) is 5.75 Å². The standard InChI is InChI=1S/C15H24N4O2/c1-11(2)14(20)19-7-5-4-6-12(19)8-16-15-17-9-13(21-3)10-18-15/h9-12H,4-8H2,1-3H3,(H,16,17,18). The Morgan fingerprint density at radius 1 is 1.43 bits per heavy atom. The van der Waals surface area contributed by atoms with E-state index in [-0.39, 0.29) is 17.9 Å². The number of hydrogen-bond donors (Lipinski definition) is 1. The average molecular weight is 292 g/mol. The first-order chi connectivity index (χ1) is 10.1. The summed E-state index contributed by atoms with van der Waals surface area (Å²) in [6.45, 7) is 5.44. The molecule has 0 saturated carbocycles. The fourth-order valence-corrected chi connectivity index (χ4v) is 2.56. The largest absolute Gasteiger partial charge is 0.494 e. The highest BCUT2D eigenvalue weighted by molar-refractivity contribution is 5.78. The molecule has 1 fully saturated rings. The molecule has 1 N–H and O–H groups in total. The van der Waals surface area contributed by atoms with Crippen molar-refractivity contribution >= 4 is 11.9 Å². The number of amides is 1. The van der Waals surface area contributed by atoms with E-state index in [2.05, 4.69) is 15.3 Å². The van der Waals surface area contributed by atoms with Crippen LogP contribution in [-0.4, -0.2) is 47.0 Å². The van der Waals surface area contributed by atoms with Gasteiger partial charge in [0.25, 0.3) is 0 Å². The normalized spacial score (nSPS) is 18.7. The highest BCUT2D eigenvalue weighted by Gasteiger charge is 2.27. The summed E-state index contributed by atoms with van der Waals surface area (Å²) in [4.78, 5) is 22.6. The van der Waals surface area contributed by atoms with E-state index in [0.29, 0.717) is 18.2 Å². The van der Waals surface area contributed by atoms with Gasteiger partial charge in [-0.1, -0.05) is 13.8 Å². The quantitative estimate of drug-likeness (QED) is 0.898. The predicted molar refractivity (Wildman–Crippen MR) is 81.3 cm³/mol. The molecular weight excluding hydrogens is 268 g/mol.